The summed E-state index contributed by atoms with van der Waals surface area (Å²) in [7, 11) is 5.61. The lowest BCUT2D eigenvalue weighted by molar-refractivity contribution is 0.104. The van der Waals surface area contributed by atoms with Crippen LogP contribution in [0.1, 0.15) is 37.5 Å². The van der Waals surface area contributed by atoms with Gasteiger partial charge in [-0.15, -0.1) is 0 Å². The summed E-state index contributed by atoms with van der Waals surface area (Å²) in [5.41, 5.74) is -0.139. The van der Waals surface area contributed by atoms with E-state index in [9.17, 15) is 5.11 Å². The molecule has 120 valence electrons. The minimum atomic E-state index is -0.139. The van der Waals surface area contributed by atoms with Gasteiger partial charge in [-0.2, -0.15) is 4.98 Å². The van der Waals surface area contributed by atoms with Gasteiger partial charge in [-0.05, 0) is 31.6 Å². The average Bonchev–Trinajstić information content (AvgIpc) is 2.91. The maximum absolute atomic E-state index is 9.81. The van der Waals surface area contributed by atoms with Crippen LogP contribution in [0.2, 0.25) is 0 Å². The number of aromatic nitrogens is 1. The van der Waals surface area contributed by atoms with Gasteiger partial charge in [-0.3, -0.25) is 0 Å². The van der Waals surface area contributed by atoms with Crippen molar-refractivity contribution in [1.29, 1.82) is 0 Å². The van der Waals surface area contributed by atoms with Gasteiger partial charge in [0.1, 0.15) is 0 Å². The van der Waals surface area contributed by atoms with E-state index < -0.39 is 0 Å². The lowest BCUT2D eigenvalue weighted by Crippen LogP contribution is -2.50. The van der Waals surface area contributed by atoms with E-state index in [0.717, 1.165) is 28.8 Å². The Balaban J connectivity index is 2.04. The van der Waals surface area contributed by atoms with Gasteiger partial charge >= 0.3 is 0 Å². The fourth-order valence-electron chi connectivity index (χ4n) is 2.76. The molecule has 1 heterocycles. The molecule has 0 amide bonds. The van der Waals surface area contributed by atoms with Crippen LogP contribution in [0.4, 0.5) is 5.13 Å². The zero-order valence-corrected chi connectivity index (χ0v) is 14.3. The Morgan fingerprint density at radius 1 is 1.43 bits per heavy atom. The van der Waals surface area contributed by atoms with E-state index in [1.807, 2.05) is 19.0 Å². The number of ether oxygens (including phenoxy) is 1. The Hall–Kier alpha value is -0.850. The molecule has 1 aromatic rings. The molecule has 1 aliphatic rings. The number of aliphatic hydroxyl groups is 1. The van der Waals surface area contributed by atoms with Crippen LogP contribution in [-0.4, -0.2) is 43.4 Å². The van der Waals surface area contributed by atoms with Crippen molar-refractivity contribution in [3.8, 4) is 5.88 Å². The molecular formula is C15H27N3O2S. The lowest BCUT2D eigenvalue weighted by atomic mass is 9.77. The summed E-state index contributed by atoms with van der Waals surface area (Å²) in [6.45, 7) is 3.18. The van der Waals surface area contributed by atoms with E-state index in [0.29, 0.717) is 12.4 Å². The van der Waals surface area contributed by atoms with E-state index in [4.69, 9.17) is 4.74 Å². The second-order valence-corrected chi connectivity index (χ2v) is 7.36. The van der Waals surface area contributed by atoms with Gasteiger partial charge in [0.2, 0.25) is 5.88 Å². The van der Waals surface area contributed by atoms with E-state index in [1.165, 1.54) is 12.8 Å². The Kier molecular flexibility index (Phi) is 5.46. The van der Waals surface area contributed by atoms with Crippen LogP contribution < -0.4 is 15.0 Å². The van der Waals surface area contributed by atoms with E-state index in [1.54, 1.807) is 18.4 Å². The monoisotopic (exact) mass is 313 g/mol. The minimum Gasteiger partial charge on any atom is -0.480 e. The molecule has 5 nitrogen and oxygen atoms in total. The van der Waals surface area contributed by atoms with Gasteiger partial charge in [-0.1, -0.05) is 18.3 Å². The average molecular weight is 313 g/mol. The molecule has 0 unspecified atom stereocenters. The van der Waals surface area contributed by atoms with Crippen molar-refractivity contribution in [1.82, 2.24) is 10.3 Å². The van der Waals surface area contributed by atoms with Crippen LogP contribution in [0.5, 0.6) is 5.88 Å². The van der Waals surface area contributed by atoms with Crippen LogP contribution in [0.3, 0.4) is 0 Å². The molecule has 0 atom stereocenters. The topological polar surface area (TPSA) is 57.6 Å². The van der Waals surface area contributed by atoms with Crippen LogP contribution in [0, 0.1) is 5.92 Å². The number of methoxy groups -OCH3 is 1. The van der Waals surface area contributed by atoms with Crippen molar-refractivity contribution >= 4 is 16.5 Å². The first-order valence-electron chi connectivity index (χ1n) is 7.56. The Morgan fingerprint density at radius 3 is 2.62 bits per heavy atom. The lowest BCUT2D eigenvalue weighted by Gasteiger charge is -2.39. The third-order valence-corrected chi connectivity index (χ3v) is 5.59. The van der Waals surface area contributed by atoms with Crippen molar-refractivity contribution in [2.45, 2.75) is 44.7 Å². The molecule has 1 aliphatic carbocycles. The normalized spacial score (nSPS) is 25.9. The Bertz CT molecular complexity index is 454. The molecule has 0 saturated heterocycles. The molecule has 1 aromatic heterocycles. The smallest absolute Gasteiger partial charge is 0.230 e. The molecule has 0 bridgehead atoms. The highest BCUT2D eigenvalue weighted by Crippen LogP contribution is 2.34. The van der Waals surface area contributed by atoms with Gasteiger partial charge in [-0.25, -0.2) is 0 Å². The second kappa shape index (κ2) is 6.94. The number of aliphatic hydroxyl groups excluding tert-OH is 1. The predicted octanol–water partition coefficient (Wildman–Crippen LogP) is 2.25. The van der Waals surface area contributed by atoms with Gasteiger partial charge in [0.15, 0.2) is 5.13 Å². The van der Waals surface area contributed by atoms with E-state index in [2.05, 4.69) is 17.2 Å². The Morgan fingerprint density at radius 2 is 2.10 bits per heavy atom. The maximum Gasteiger partial charge on any atom is 0.230 e. The van der Waals surface area contributed by atoms with Gasteiger partial charge in [0.05, 0.1) is 18.6 Å². The summed E-state index contributed by atoms with van der Waals surface area (Å²) in [6.07, 6.45) is 4.42. The molecule has 1 saturated carbocycles. The summed E-state index contributed by atoms with van der Waals surface area (Å²) in [6, 6.07) is 0. The van der Waals surface area contributed by atoms with Crippen molar-refractivity contribution in [2.75, 3.05) is 32.7 Å². The largest absolute Gasteiger partial charge is 0.480 e. The number of nitrogens with one attached hydrogen (secondary N) is 1. The highest BCUT2D eigenvalue weighted by molar-refractivity contribution is 7.15. The van der Waals surface area contributed by atoms with Gasteiger partial charge in [0, 0.05) is 26.2 Å². The number of hydrogen-bond donors (Lipinski definition) is 2. The Labute approximate surface area is 131 Å². The first kappa shape index (κ1) is 16.5. The summed E-state index contributed by atoms with van der Waals surface area (Å²) >= 11 is 1.64. The number of nitrogens with zero attached hydrogens (tertiary/aromatic N) is 2. The third kappa shape index (κ3) is 3.87. The first-order valence-corrected chi connectivity index (χ1v) is 8.38. The SMILES string of the molecule is COc1nc(N(C)C)sc1CNC1(CO)CCC(C)CC1. The molecule has 2 rings (SSSR count). The van der Waals surface area contributed by atoms with Gasteiger partial charge < -0.3 is 20.1 Å². The molecule has 6 heteroatoms. The van der Waals surface area contributed by atoms with Crippen molar-refractivity contribution in [2.24, 2.45) is 5.92 Å². The summed E-state index contributed by atoms with van der Waals surface area (Å²) < 4.78 is 5.37. The second-order valence-electron chi connectivity index (χ2n) is 6.30. The molecule has 0 aliphatic heterocycles. The highest BCUT2D eigenvalue weighted by Gasteiger charge is 2.33. The van der Waals surface area contributed by atoms with Crippen molar-refractivity contribution in [3.63, 3.8) is 0 Å². The fourth-order valence-corrected chi connectivity index (χ4v) is 3.65. The third-order valence-electron chi connectivity index (χ3n) is 4.38. The van der Waals surface area contributed by atoms with E-state index >= 15 is 0 Å². The molecule has 0 spiro atoms. The predicted molar refractivity (Wildman–Crippen MR) is 87.3 cm³/mol. The summed E-state index contributed by atoms with van der Waals surface area (Å²) in [5.74, 6) is 1.46. The van der Waals surface area contributed by atoms with Crippen LogP contribution >= 0.6 is 11.3 Å². The van der Waals surface area contributed by atoms with Crippen molar-refractivity contribution in [3.05, 3.63) is 4.88 Å². The van der Waals surface area contributed by atoms with Crippen molar-refractivity contribution < 1.29 is 9.84 Å². The number of hydrogen-bond acceptors (Lipinski definition) is 6. The van der Waals surface area contributed by atoms with Crippen LogP contribution in [0.25, 0.3) is 0 Å². The van der Waals surface area contributed by atoms with Gasteiger partial charge in [0.25, 0.3) is 0 Å². The fraction of sp³-hybridized carbons (Fsp3) is 0.800. The molecule has 21 heavy (non-hydrogen) atoms. The molecule has 1 fully saturated rings. The zero-order chi connectivity index (χ0) is 15.5. The molecular weight excluding hydrogens is 286 g/mol. The quantitative estimate of drug-likeness (QED) is 0.843. The van der Waals surface area contributed by atoms with E-state index in [-0.39, 0.29) is 12.1 Å². The minimum absolute atomic E-state index is 0.139. The maximum atomic E-state index is 9.81. The van der Waals surface area contributed by atoms with Crippen LogP contribution in [0.15, 0.2) is 0 Å². The molecule has 2 N–H and O–H groups in total. The standard InChI is InChI=1S/C15H27N3O2S/c1-11-5-7-15(10-19,8-6-11)16-9-12-13(20-4)17-14(21-12)18(2)3/h11,16,19H,5-10H2,1-4H3. The summed E-state index contributed by atoms with van der Waals surface area (Å²) in [4.78, 5) is 7.55. The summed E-state index contributed by atoms with van der Waals surface area (Å²) in [5, 5.41) is 14.3. The first-order chi connectivity index (χ1) is 9.99. The molecule has 0 radical (unpaired) electrons. The zero-order valence-electron chi connectivity index (χ0n) is 13.5. The van der Waals surface area contributed by atoms with Crippen LogP contribution in [-0.2, 0) is 6.54 Å². The number of rotatable bonds is 6. The highest BCUT2D eigenvalue weighted by atomic mass is 32.1. The molecule has 0 aromatic carbocycles. The number of thiazole rings is 1. The number of anilines is 1.